The molecule has 1 fully saturated rings. The van der Waals surface area contributed by atoms with Gasteiger partial charge in [0.15, 0.2) is 0 Å². The zero-order valence-electron chi connectivity index (χ0n) is 6.53. The van der Waals surface area contributed by atoms with E-state index in [1.807, 2.05) is 0 Å². The van der Waals surface area contributed by atoms with Crippen molar-refractivity contribution in [3.8, 4) is 0 Å². The molecule has 1 aromatic heterocycles. The average molecular weight is 167 g/mol. The molecule has 0 atom stereocenters. The predicted molar refractivity (Wildman–Crippen MR) is 39.3 cm³/mol. The van der Waals surface area contributed by atoms with Crippen molar-refractivity contribution in [2.45, 2.75) is 12.8 Å². The molecule has 2 rings (SSSR count). The molecule has 6 nitrogen and oxygen atoms in total. The number of amides is 1. The Hall–Kier alpha value is -1.46. The summed E-state index contributed by atoms with van der Waals surface area (Å²) in [4.78, 5) is 13.2. The summed E-state index contributed by atoms with van der Waals surface area (Å²) >= 11 is 0. The zero-order valence-corrected chi connectivity index (χ0v) is 6.53. The van der Waals surface area contributed by atoms with Gasteiger partial charge in [-0.3, -0.25) is 4.79 Å². The Morgan fingerprint density at radius 3 is 2.75 bits per heavy atom. The second-order valence-electron chi connectivity index (χ2n) is 2.73. The monoisotopic (exact) mass is 167 g/mol. The third-order valence-corrected chi connectivity index (χ3v) is 1.93. The first-order valence-electron chi connectivity index (χ1n) is 3.90. The molecule has 0 bridgehead atoms. The third-order valence-electron chi connectivity index (χ3n) is 1.93. The van der Waals surface area contributed by atoms with Gasteiger partial charge >= 0.3 is 0 Å². The smallest absolute Gasteiger partial charge is 0.295 e. The van der Waals surface area contributed by atoms with E-state index in [2.05, 4.69) is 20.6 Å². The van der Waals surface area contributed by atoms with E-state index >= 15 is 0 Å². The lowest BCUT2D eigenvalue weighted by atomic mass is 10.4. The van der Waals surface area contributed by atoms with Crippen LogP contribution in [0.3, 0.4) is 0 Å². The number of carbonyl (C=O) groups excluding carboxylic acids is 1. The van der Waals surface area contributed by atoms with Crippen LogP contribution in [0.15, 0.2) is 0 Å². The van der Waals surface area contributed by atoms with Crippen LogP contribution in [0.4, 0.5) is 0 Å². The van der Waals surface area contributed by atoms with Crippen molar-refractivity contribution in [3.05, 3.63) is 5.82 Å². The highest BCUT2D eigenvalue weighted by Crippen LogP contribution is 2.09. The molecule has 0 aliphatic carbocycles. The Kier molecular flexibility index (Phi) is 1.73. The summed E-state index contributed by atoms with van der Waals surface area (Å²) in [5, 5.41) is 12.8. The van der Waals surface area contributed by atoms with Gasteiger partial charge in [0.1, 0.15) is 0 Å². The van der Waals surface area contributed by atoms with Crippen molar-refractivity contribution in [3.63, 3.8) is 0 Å². The minimum atomic E-state index is -0.124. The van der Waals surface area contributed by atoms with Gasteiger partial charge in [-0.2, -0.15) is 5.21 Å². The number of nitrogens with zero attached hydrogens (tertiary/aromatic N) is 4. The van der Waals surface area contributed by atoms with Gasteiger partial charge < -0.3 is 4.90 Å². The number of nitrogens with one attached hydrogen (secondary N) is 1. The van der Waals surface area contributed by atoms with Gasteiger partial charge in [-0.15, -0.1) is 10.2 Å². The summed E-state index contributed by atoms with van der Waals surface area (Å²) in [6.45, 7) is 1.63. The van der Waals surface area contributed by atoms with Gasteiger partial charge in [0.2, 0.25) is 0 Å². The molecule has 0 saturated carbocycles. The number of H-pyrrole nitrogens is 1. The van der Waals surface area contributed by atoms with E-state index in [0.717, 1.165) is 25.9 Å². The topological polar surface area (TPSA) is 74.8 Å². The Balaban J connectivity index is 2.09. The Labute approximate surface area is 68.9 Å². The lowest BCUT2D eigenvalue weighted by Crippen LogP contribution is -2.28. The number of rotatable bonds is 1. The van der Waals surface area contributed by atoms with Gasteiger partial charge in [0, 0.05) is 13.1 Å². The van der Waals surface area contributed by atoms with E-state index in [4.69, 9.17) is 0 Å². The van der Waals surface area contributed by atoms with E-state index in [1.54, 1.807) is 4.90 Å². The first-order valence-corrected chi connectivity index (χ1v) is 3.90. The number of aromatic amines is 1. The first kappa shape index (κ1) is 7.20. The van der Waals surface area contributed by atoms with Crippen molar-refractivity contribution in [1.29, 1.82) is 0 Å². The highest BCUT2D eigenvalue weighted by molar-refractivity contribution is 5.90. The van der Waals surface area contributed by atoms with Crippen molar-refractivity contribution < 1.29 is 4.79 Å². The van der Waals surface area contributed by atoms with Gasteiger partial charge in [-0.1, -0.05) is 0 Å². The Bertz CT molecular complexity index is 263. The molecular formula is C6H9N5O. The SMILES string of the molecule is O=C(c1nn[nH]n1)N1CCCC1. The largest absolute Gasteiger partial charge is 0.336 e. The molecule has 6 heteroatoms. The second-order valence-corrected chi connectivity index (χ2v) is 2.73. The minimum absolute atomic E-state index is 0.124. The molecule has 1 amide bonds. The van der Waals surface area contributed by atoms with Gasteiger partial charge in [0.25, 0.3) is 11.7 Å². The average Bonchev–Trinajstić information content (AvgIpc) is 2.77. The number of tetrazole rings is 1. The maximum Gasteiger partial charge on any atom is 0.295 e. The Morgan fingerprint density at radius 1 is 1.42 bits per heavy atom. The molecule has 64 valence electrons. The van der Waals surface area contributed by atoms with E-state index in [-0.39, 0.29) is 11.7 Å². The molecule has 1 saturated heterocycles. The van der Waals surface area contributed by atoms with E-state index in [1.165, 1.54) is 0 Å². The summed E-state index contributed by atoms with van der Waals surface area (Å²) < 4.78 is 0. The molecule has 1 aliphatic rings. The zero-order chi connectivity index (χ0) is 8.39. The number of aromatic nitrogens is 4. The standard InChI is InChI=1S/C6H9N5O/c12-6(5-7-9-10-8-5)11-3-1-2-4-11/h1-4H2,(H,7,8,9,10). The molecule has 0 spiro atoms. The van der Waals surface area contributed by atoms with Crippen LogP contribution in [0.5, 0.6) is 0 Å². The first-order chi connectivity index (χ1) is 5.88. The van der Waals surface area contributed by atoms with Crippen molar-refractivity contribution >= 4 is 5.91 Å². The fraction of sp³-hybridized carbons (Fsp3) is 0.667. The lowest BCUT2D eigenvalue weighted by molar-refractivity contribution is 0.0781. The van der Waals surface area contributed by atoms with Crippen LogP contribution in [0.2, 0.25) is 0 Å². The summed E-state index contributed by atoms with van der Waals surface area (Å²) in [6.07, 6.45) is 2.15. The lowest BCUT2D eigenvalue weighted by Gasteiger charge is -2.11. The van der Waals surface area contributed by atoms with Crippen molar-refractivity contribution in [2.75, 3.05) is 13.1 Å². The van der Waals surface area contributed by atoms with E-state index in [9.17, 15) is 4.79 Å². The maximum atomic E-state index is 11.4. The fourth-order valence-electron chi connectivity index (χ4n) is 1.31. The normalized spacial score (nSPS) is 16.8. The summed E-state index contributed by atoms with van der Waals surface area (Å²) in [7, 11) is 0. The van der Waals surface area contributed by atoms with Crippen molar-refractivity contribution in [2.24, 2.45) is 0 Å². The van der Waals surface area contributed by atoms with E-state index < -0.39 is 0 Å². The molecule has 0 radical (unpaired) electrons. The molecule has 0 unspecified atom stereocenters. The molecule has 1 aromatic rings. The number of hydrogen-bond donors (Lipinski definition) is 1. The van der Waals surface area contributed by atoms with Crippen LogP contribution in [-0.2, 0) is 0 Å². The highest BCUT2D eigenvalue weighted by atomic mass is 16.2. The van der Waals surface area contributed by atoms with Crippen LogP contribution in [0.25, 0.3) is 0 Å². The number of likely N-dealkylation sites (tertiary alicyclic amines) is 1. The predicted octanol–water partition coefficient (Wildman–Crippen LogP) is -0.564. The molecule has 2 heterocycles. The van der Waals surface area contributed by atoms with Crippen molar-refractivity contribution in [1.82, 2.24) is 25.5 Å². The van der Waals surface area contributed by atoms with Crippen LogP contribution >= 0.6 is 0 Å². The van der Waals surface area contributed by atoms with Crippen LogP contribution in [0.1, 0.15) is 23.5 Å². The molecule has 12 heavy (non-hydrogen) atoms. The molecule has 1 N–H and O–H groups in total. The summed E-state index contributed by atoms with van der Waals surface area (Å²) in [5.74, 6) is 0.0400. The number of hydrogen-bond acceptors (Lipinski definition) is 4. The fourth-order valence-corrected chi connectivity index (χ4v) is 1.31. The quantitative estimate of drug-likeness (QED) is 0.608. The molecular weight excluding hydrogens is 158 g/mol. The minimum Gasteiger partial charge on any atom is -0.336 e. The molecule has 1 aliphatic heterocycles. The Morgan fingerprint density at radius 2 is 2.17 bits per heavy atom. The molecule has 0 aromatic carbocycles. The summed E-state index contributed by atoms with van der Waals surface area (Å²) in [6, 6.07) is 0. The number of carbonyl (C=O) groups is 1. The van der Waals surface area contributed by atoms with Gasteiger partial charge in [-0.25, -0.2) is 0 Å². The van der Waals surface area contributed by atoms with Gasteiger partial charge in [-0.05, 0) is 18.1 Å². The van der Waals surface area contributed by atoms with Crippen LogP contribution < -0.4 is 0 Å². The highest BCUT2D eigenvalue weighted by Gasteiger charge is 2.22. The second kappa shape index (κ2) is 2.88. The van der Waals surface area contributed by atoms with E-state index in [0.29, 0.717) is 0 Å². The van der Waals surface area contributed by atoms with Crippen LogP contribution in [0, 0.1) is 0 Å². The third kappa shape index (κ3) is 1.15. The summed E-state index contributed by atoms with van der Waals surface area (Å²) in [5.41, 5.74) is 0. The maximum absolute atomic E-state index is 11.4. The van der Waals surface area contributed by atoms with Gasteiger partial charge in [0.05, 0.1) is 0 Å². The van der Waals surface area contributed by atoms with Crippen LogP contribution in [-0.4, -0.2) is 44.5 Å².